The molecule has 1 aromatic heterocycles. The van der Waals surface area contributed by atoms with Gasteiger partial charge < -0.3 is 9.67 Å². The van der Waals surface area contributed by atoms with Gasteiger partial charge in [-0.1, -0.05) is 19.3 Å². The van der Waals surface area contributed by atoms with Crippen molar-refractivity contribution in [2.45, 2.75) is 44.6 Å². The molecule has 1 saturated carbocycles. The van der Waals surface area contributed by atoms with Gasteiger partial charge in [0.2, 0.25) is 0 Å². The van der Waals surface area contributed by atoms with Crippen LogP contribution in [0.4, 0.5) is 0 Å². The zero-order valence-electron chi connectivity index (χ0n) is 9.04. The highest BCUT2D eigenvalue weighted by molar-refractivity contribution is 9.10. The molecule has 0 aromatic carbocycles. The maximum atomic E-state index is 9.22. The summed E-state index contributed by atoms with van der Waals surface area (Å²) in [7, 11) is 1.99. The lowest BCUT2D eigenvalue weighted by Gasteiger charge is -2.21. The third-order valence-corrected chi connectivity index (χ3v) is 3.95. The normalized spacial score (nSPS) is 18.3. The molecule has 1 N–H and O–H groups in total. The molecular formula is C11H17BrN2O. The summed E-state index contributed by atoms with van der Waals surface area (Å²) in [4.78, 5) is 4.52. The van der Waals surface area contributed by atoms with Crippen LogP contribution < -0.4 is 0 Å². The van der Waals surface area contributed by atoms with Gasteiger partial charge in [-0.15, -0.1) is 0 Å². The second-order valence-electron chi connectivity index (χ2n) is 4.26. The lowest BCUT2D eigenvalue weighted by atomic mass is 9.89. The number of hydrogen-bond acceptors (Lipinski definition) is 2. The number of halogens is 1. The van der Waals surface area contributed by atoms with Gasteiger partial charge in [-0.25, -0.2) is 4.98 Å². The van der Waals surface area contributed by atoms with Gasteiger partial charge in [-0.3, -0.25) is 0 Å². The van der Waals surface area contributed by atoms with Crippen molar-refractivity contribution in [3.8, 4) is 0 Å². The predicted molar refractivity (Wildman–Crippen MR) is 62.7 cm³/mol. The van der Waals surface area contributed by atoms with Crippen molar-refractivity contribution < 1.29 is 5.11 Å². The van der Waals surface area contributed by atoms with Crippen LogP contribution in [0.25, 0.3) is 0 Å². The first-order valence-electron chi connectivity index (χ1n) is 5.56. The van der Waals surface area contributed by atoms with Crippen molar-refractivity contribution in [1.82, 2.24) is 9.55 Å². The molecule has 0 atom stereocenters. The topological polar surface area (TPSA) is 38.0 Å². The van der Waals surface area contributed by atoms with Crippen molar-refractivity contribution in [2.24, 2.45) is 7.05 Å². The van der Waals surface area contributed by atoms with Crippen molar-refractivity contribution in [3.05, 3.63) is 16.1 Å². The van der Waals surface area contributed by atoms with Crippen LogP contribution in [0.15, 0.2) is 4.60 Å². The summed E-state index contributed by atoms with van der Waals surface area (Å²) in [6.45, 7) is 0.0524. The van der Waals surface area contributed by atoms with Gasteiger partial charge in [0, 0.05) is 13.0 Å². The van der Waals surface area contributed by atoms with Crippen molar-refractivity contribution in [2.75, 3.05) is 0 Å². The lowest BCUT2D eigenvalue weighted by molar-refractivity contribution is 0.270. The molecule has 2 rings (SSSR count). The van der Waals surface area contributed by atoms with Crippen LogP contribution in [0.1, 0.15) is 49.5 Å². The van der Waals surface area contributed by atoms with E-state index in [9.17, 15) is 5.11 Å². The fourth-order valence-electron chi connectivity index (χ4n) is 2.41. The molecule has 0 unspecified atom stereocenters. The highest BCUT2D eigenvalue weighted by Gasteiger charge is 2.22. The summed E-state index contributed by atoms with van der Waals surface area (Å²) >= 11 is 3.40. The third kappa shape index (κ3) is 2.11. The number of hydrogen-bond donors (Lipinski definition) is 1. The molecule has 1 aliphatic carbocycles. The molecule has 1 heterocycles. The van der Waals surface area contributed by atoms with E-state index in [0.717, 1.165) is 16.1 Å². The fraction of sp³-hybridized carbons (Fsp3) is 0.727. The number of aliphatic hydroxyl groups is 1. The van der Waals surface area contributed by atoms with E-state index in [-0.39, 0.29) is 6.61 Å². The Hall–Kier alpha value is -0.350. The van der Waals surface area contributed by atoms with Crippen molar-refractivity contribution in [1.29, 1.82) is 0 Å². The van der Waals surface area contributed by atoms with Crippen LogP contribution in [-0.2, 0) is 13.7 Å². The number of aromatic nitrogens is 2. The van der Waals surface area contributed by atoms with E-state index in [0.29, 0.717) is 5.92 Å². The number of imidazole rings is 1. The number of rotatable bonds is 2. The van der Waals surface area contributed by atoms with Gasteiger partial charge >= 0.3 is 0 Å². The highest BCUT2D eigenvalue weighted by atomic mass is 79.9. The van der Waals surface area contributed by atoms with Crippen LogP contribution >= 0.6 is 15.9 Å². The number of aliphatic hydroxyl groups excluding tert-OH is 1. The fourth-order valence-corrected chi connectivity index (χ4v) is 2.99. The second kappa shape index (κ2) is 4.66. The molecule has 1 aromatic rings. The van der Waals surface area contributed by atoms with E-state index in [4.69, 9.17) is 0 Å². The van der Waals surface area contributed by atoms with Crippen molar-refractivity contribution in [3.63, 3.8) is 0 Å². The first-order chi connectivity index (χ1) is 7.24. The highest BCUT2D eigenvalue weighted by Crippen LogP contribution is 2.33. The van der Waals surface area contributed by atoms with E-state index in [1.165, 1.54) is 32.1 Å². The Kier molecular flexibility index (Phi) is 3.46. The van der Waals surface area contributed by atoms with E-state index in [1.54, 1.807) is 0 Å². The van der Waals surface area contributed by atoms with Gasteiger partial charge in [0.15, 0.2) is 0 Å². The zero-order chi connectivity index (χ0) is 10.8. The quantitative estimate of drug-likeness (QED) is 0.899. The summed E-state index contributed by atoms with van der Waals surface area (Å²) < 4.78 is 2.84. The Bertz CT molecular complexity index is 343. The molecular weight excluding hydrogens is 256 g/mol. The molecule has 0 spiro atoms. The maximum absolute atomic E-state index is 9.22. The minimum Gasteiger partial charge on any atom is -0.390 e. The molecule has 0 aliphatic heterocycles. The first-order valence-corrected chi connectivity index (χ1v) is 6.35. The van der Waals surface area contributed by atoms with Gasteiger partial charge in [-0.2, -0.15) is 0 Å². The molecule has 1 fully saturated rings. The molecule has 1 aliphatic rings. The van der Waals surface area contributed by atoms with E-state index in [2.05, 4.69) is 20.9 Å². The molecule has 0 saturated heterocycles. The molecule has 0 amide bonds. The van der Waals surface area contributed by atoms with Crippen LogP contribution in [0.3, 0.4) is 0 Å². The van der Waals surface area contributed by atoms with Gasteiger partial charge in [0.1, 0.15) is 10.4 Å². The predicted octanol–water partition coefficient (Wildman–Crippen LogP) is 2.72. The summed E-state index contributed by atoms with van der Waals surface area (Å²) in [5.74, 6) is 1.71. The smallest absolute Gasteiger partial charge is 0.130 e. The molecule has 15 heavy (non-hydrogen) atoms. The summed E-state index contributed by atoms with van der Waals surface area (Å²) in [6, 6.07) is 0. The van der Waals surface area contributed by atoms with Crippen molar-refractivity contribution >= 4 is 15.9 Å². The van der Waals surface area contributed by atoms with E-state index in [1.807, 2.05) is 11.6 Å². The zero-order valence-corrected chi connectivity index (χ0v) is 10.6. The average Bonchev–Trinajstić information content (AvgIpc) is 2.55. The summed E-state index contributed by atoms with van der Waals surface area (Å²) in [5, 5.41) is 9.22. The maximum Gasteiger partial charge on any atom is 0.130 e. The Morgan fingerprint density at radius 3 is 2.60 bits per heavy atom. The van der Waals surface area contributed by atoms with Gasteiger partial charge in [0.05, 0.1) is 12.3 Å². The third-order valence-electron chi connectivity index (χ3n) is 3.32. The minimum absolute atomic E-state index is 0.0524. The van der Waals surface area contributed by atoms with Crippen LogP contribution in [0, 0.1) is 0 Å². The Balaban J connectivity index is 2.27. The lowest BCUT2D eigenvalue weighted by Crippen LogP contribution is -2.11. The molecule has 0 radical (unpaired) electrons. The Morgan fingerprint density at radius 1 is 1.40 bits per heavy atom. The van der Waals surface area contributed by atoms with Crippen LogP contribution in [0.5, 0.6) is 0 Å². The Labute approximate surface area is 98.6 Å². The second-order valence-corrected chi connectivity index (χ2v) is 5.01. The minimum atomic E-state index is 0.0524. The molecule has 0 bridgehead atoms. The van der Waals surface area contributed by atoms with E-state index >= 15 is 0 Å². The molecule has 3 nitrogen and oxygen atoms in total. The molecule has 84 valence electrons. The largest absolute Gasteiger partial charge is 0.390 e. The number of nitrogens with zero attached hydrogens (tertiary/aromatic N) is 2. The standard InChI is InChI=1S/C11H17BrN2O/c1-14-9(7-15)10(12)13-11(14)8-5-3-2-4-6-8/h8,15H,2-7H2,1H3. The average molecular weight is 273 g/mol. The van der Waals surface area contributed by atoms with Crippen LogP contribution in [-0.4, -0.2) is 14.7 Å². The van der Waals surface area contributed by atoms with E-state index < -0.39 is 0 Å². The SMILES string of the molecule is Cn1c(C2CCCCC2)nc(Br)c1CO. The summed E-state index contributed by atoms with van der Waals surface area (Å²) in [5.41, 5.74) is 0.885. The van der Waals surface area contributed by atoms with Gasteiger partial charge in [0.25, 0.3) is 0 Å². The van der Waals surface area contributed by atoms with Gasteiger partial charge in [-0.05, 0) is 28.8 Å². The molecule has 4 heteroatoms. The first kappa shape index (κ1) is 11.1. The van der Waals surface area contributed by atoms with Crippen LogP contribution in [0.2, 0.25) is 0 Å². The summed E-state index contributed by atoms with van der Waals surface area (Å²) in [6.07, 6.45) is 6.45. The Morgan fingerprint density at radius 2 is 2.07 bits per heavy atom. The monoisotopic (exact) mass is 272 g/mol.